The smallest absolute Gasteiger partial charge is 0.459 e. The zero-order valence-electron chi connectivity index (χ0n) is 25.3. The number of anilines is 1. The van der Waals surface area contributed by atoms with E-state index >= 15 is 8.78 Å². The van der Waals surface area contributed by atoms with Gasteiger partial charge in [-0.1, -0.05) is 42.8 Å². The van der Waals surface area contributed by atoms with E-state index in [2.05, 4.69) is 10.1 Å². The van der Waals surface area contributed by atoms with Crippen molar-refractivity contribution in [2.24, 2.45) is 0 Å². The van der Waals surface area contributed by atoms with Crippen LogP contribution < -0.4 is 21.0 Å². The molecule has 1 aliphatic carbocycles. The number of carbonyl (C=O) groups is 1. The van der Waals surface area contributed by atoms with Crippen LogP contribution in [0.4, 0.5) is 14.6 Å². The lowest BCUT2D eigenvalue weighted by Crippen LogP contribution is -2.51. The Hall–Kier alpha value is -3.42. The number of benzene rings is 2. The molecule has 246 valence electrons. The predicted molar refractivity (Wildman–Crippen MR) is 163 cm³/mol. The number of aliphatic hydroxyl groups excluding tert-OH is 1. The molecule has 1 saturated carbocycles. The first-order valence-electron chi connectivity index (χ1n) is 14.7. The molecule has 4 rings (SSSR count). The molecule has 0 amide bonds. The summed E-state index contributed by atoms with van der Waals surface area (Å²) in [4.78, 5) is 28.6. The Kier molecular flexibility index (Phi) is 11.3. The first-order chi connectivity index (χ1) is 21.3. The van der Waals surface area contributed by atoms with Crippen molar-refractivity contribution in [1.82, 2.24) is 14.6 Å². The fourth-order valence-electron chi connectivity index (χ4n) is 5.09. The van der Waals surface area contributed by atoms with Gasteiger partial charge in [0.2, 0.25) is 0 Å². The molecule has 0 aliphatic heterocycles. The summed E-state index contributed by atoms with van der Waals surface area (Å²) in [6.45, 7) is 1.59. The van der Waals surface area contributed by atoms with Crippen LogP contribution in [-0.2, 0) is 23.4 Å². The van der Waals surface area contributed by atoms with Crippen molar-refractivity contribution in [2.75, 3.05) is 19.5 Å². The second-order valence-electron chi connectivity index (χ2n) is 11.0. The van der Waals surface area contributed by atoms with Gasteiger partial charge in [-0.25, -0.2) is 18.1 Å². The number of hydrogen-bond donors (Lipinski definition) is 3. The molecule has 0 bridgehead atoms. The molecule has 0 saturated heterocycles. The highest BCUT2D eigenvalue weighted by Gasteiger charge is 2.50. The van der Waals surface area contributed by atoms with Gasteiger partial charge in [0.1, 0.15) is 42.0 Å². The molecule has 1 heterocycles. The van der Waals surface area contributed by atoms with Crippen LogP contribution in [0.25, 0.3) is 10.8 Å². The molecule has 4 N–H and O–H groups in total. The van der Waals surface area contributed by atoms with Gasteiger partial charge in [-0.2, -0.15) is 10.1 Å². The van der Waals surface area contributed by atoms with E-state index in [-0.39, 0.29) is 17.7 Å². The van der Waals surface area contributed by atoms with E-state index in [1.165, 1.54) is 13.0 Å². The van der Waals surface area contributed by atoms with Crippen molar-refractivity contribution < 1.29 is 41.8 Å². The van der Waals surface area contributed by atoms with Gasteiger partial charge in [-0.05, 0) is 57.0 Å². The summed E-state index contributed by atoms with van der Waals surface area (Å²) in [5.74, 6) is -4.66. The lowest BCUT2D eigenvalue weighted by Gasteiger charge is -2.33. The van der Waals surface area contributed by atoms with Gasteiger partial charge < -0.3 is 24.8 Å². The third-order valence-corrected chi connectivity index (χ3v) is 9.42. The molecule has 12 nitrogen and oxygen atoms in total. The number of methoxy groups -OCH3 is 1. The summed E-state index contributed by atoms with van der Waals surface area (Å²) in [7, 11) is -3.47. The van der Waals surface area contributed by atoms with Gasteiger partial charge in [0, 0.05) is 18.7 Å². The van der Waals surface area contributed by atoms with Crippen molar-refractivity contribution in [1.29, 1.82) is 0 Å². The highest BCUT2D eigenvalue weighted by Crippen LogP contribution is 2.47. The highest BCUT2D eigenvalue weighted by atomic mass is 31.2. The van der Waals surface area contributed by atoms with E-state index in [9.17, 15) is 19.3 Å². The number of nitrogens with zero attached hydrogens (tertiary/aromatic N) is 2. The fourth-order valence-corrected chi connectivity index (χ4v) is 6.62. The summed E-state index contributed by atoms with van der Waals surface area (Å²) in [6.07, 6.45) is 0.834. The van der Waals surface area contributed by atoms with Gasteiger partial charge in [0.05, 0.1) is 6.61 Å². The predicted octanol–water partition coefficient (Wildman–Crippen LogP) is 4.61. The van der Waals surface area contributed by atoms with Gasteiger partial charge in [0.15, 0.2) is 0 Å². The first kappa shape index (κ1) is 34.5. The van der Waals surface area contributed by atoms with Crippen LogP contribution in [0.1, 0.15) is 52.0 Å². The largest absolute Gasteiger partial charge is 0.461 e. The Bertz CT molecular complexity index is 1560. The maximum atomic E-state index is 15.5. The number of carbonyl (C=O) groups excluding carboxylic acids is 1. The van der Waals surface area contributed by atoms with Gasteiger partial charge in [-0.15, -0.1) is 0 Å². The SMILES string of the molecule is COC(COP(=O)(N[C@@H](C)C(=O)OC1CCCCC1)Oc1cccc2ccccc12)C(O)C(F)(F)[C@@H](C)n1ccc(N)nc1=O. The molecule has 2 aromatic carbocycles. The maximum Gasteiger partial charge on any atom is 0.459 e. The second-order valence-corrected chi connectivity index (χ2v) is 12.7. The standard InChI is InChI=1S/C30H39F2N4O8P/c1-19(28(38)43-22-12-5-4-6-13-22)35-45(40,44-24-15-9-11-21-10-7-8-14-23(21)24)42-18-25(41-3)27(37)30(31,32)20(2)36-17-16-26(33)34-29(36)39/h7-11,14-17,19-20,22,25,27,37H,4-6,12-13,18H2,1-3H3,(H,35,40)(H2,33,34,39)/t19-,20+,25?,27?,45?/m0/s1. The normalized spacial score (nSPS) is 18.4. The van der Waals surface area contributed by atoms with E-state index in [0.717, 1.165) is 57.7 Å². The van der Waals surface area contributed by atoms with E-state index in [1.807, 2.05) is 18.2 Å². The third kappa shape index (κ3) is 8.44. The van der Waals surface area contributed by atoms with Crippen LogP contribution in [0.2, 0.25) is 0 Å². The van der Waals surface area contributed by atoms with Gasteiger partial charge in [-0.3, -0.25) is 13.9 Å². The molecule has 3 aromatic rings. The Balaban J connectivity index is 1.55. The summed E-state index contributed by atoms with van der Waals surface area (Å²) in [6, 6.07) is 10.2. The summed E-state index contributed by atoms with van der Waals surface area (Å²) >= 11 is 0. The van der Waals surface area contributed by atoms with Crippen molar-refractivity contribution in [3.05, 3.63) is 65.2 Å². The average Bonchev–Trinajstić information content (AvgIpc) is 3.01. The van der Waals surface area contributed by atoms with Crippen LogP contribution in [-0.4, -0.2) is 64.6 Å². The minimum atomic E-state index is -4.53. The molecule has 45 heavy (non-hydrogen) atoms. The highest BCUT2D eigenvalue weighted by molar-refractivity contribution is 7.52. The molecular weight excluding hydrogens is 613 g/mol. The molecule has 0 spiro atoms. The Morgan fingerprint density at radius 3 is 2.53 bits per heavy atom. The van der Waals surface area contributed by atoms with E-state index in [0.29, 0.717) is 9.95 Å². The van der Waals surface area contributed by atoms with Crippen molar-refractivity contribution in [3.63, 3.8) is 0 Å². The van der Waals surface area contributed by atoms with Gasteiger partial charge >= 0.3 is 19.4 Å². The third-order valence-electron chi connectivity index (χ3n) is 7.79. The Morgan fingerprint density at radius 2 is 1.84 bits per heavy atom. The number of hydrogen-bond acceptors (Lipinski definition) is 10. The Labute approximate surface area is 259 Å². The van der Waals surface area contributed by atoms with Gasteiger partial charge in [0.25, 0.3) is 5.92 Å². The lowest BCUT2D eigenvalue weighted by molar-refractivity contribution is -0.186. The van der Waals surface area contributed by atoms with E-state index in [1.54, 1.807) is 24.3 Å². The first-order valence-corrected chi connectivity index (χ1v) is 16.2. The molecule has 15 heteroatoms. The van der Waals surface area contributed by atoms with Crippen molar-refractivity contribution >= 4 is 30.3 Å². The average molecular weight is 653 g/mol. The maximum absolute atomic E-state index is 15.5. The number of nitrogens with one attached hydrogen (secondary N) is 1. The summed E-state index contributed by atoms with van der Waals surface area (Å²) < 4.78 is 68.0. The molecule has 3 unspecified atom stereocenters. The summed E-state index contributed by atoms with van der Waals surface area (Å²) in [5.41, 5.74) is 4.42. The zero-order chi connectivity index (χ0) is 32.8. The number of alkyl halides is 2. The second kappa shape index (κ2) is 14.8. The number of esters is 1. The number of nitrogen functional groups attached to an aromatic ring is 1. The molecule has 1 aromatic heterocycles. The molecule has 0 radical (unpaired) electrons. The number of nitrogens with two attached hydrogens (primary N) is 1. The minimum Gasteiger partial charge on any atom is -0.461 e. The quantitative estimate of drug-likeness (QED) is 0.165. The van der Waals surface area contributed by atoms with Crippen LogP contribution in [0.5, 0.6) is 5.75 Å². The zero-order valence-corrected chi connectivity index (χ0v) is 26.2. The Morgan fingerprint density at radius 1 is 1.16 bits per heavy atom. The number of aliphatic hydroxyl groups is 1. The number of aromatic nitrogens is 2. The topological polar surface area (TPSA) is 164 Å². The molecule has 1 aliphatic rings. The molecule has 1 fully saturated rings. The van der Waals surface area contributed by atoms with Crippen LogP contribution in [0, 0.1) is 0 Å². The monoisotopic (exact) mass is 652 g/mol. The fraction of sp³-hybridized carbons (Fsp3) is 0.500. The molecule has 5 atom stereocenters. The van der Waals surface area contributed by atoms with Crippen LogP contribution in [0.3, 0.4) is 0 Å². The minimum absolute atomic E-state index is 0.139. The van der Waals surface area contributed by atoms with E-state index < -0.39 is 56.2 Å². The number of rotatable bonds is 14. The molecular formula is C30H39F2N4O8P. The number of ether oxygens (including phenoxy) is 2. The summed E-state index contributed by atoms with van der Waals surface area (Å²) in [5, 5.41) is 14.7. The number of halogens is 2. The number of fused-ring (bicyclic) bond motifs is 1. The van der Waals surface area contributed by atoms with Crippen molar-refractivity contribution in [3.8, 4) is 5.75 Å². The van der Waals surface area contributed by atoms with Crippen molar-refractivity contribution in [2.45, 2.75) is 82.3 Å². The van der Waals surface area contributed by atoms with Crippen LogP contribution in [0.15, 0.2) is 59.5 Å². The van der Waals surface area contributed by atoms with Crippen LogP contribution >= 0.6 is 7.75 Å². The van der Waals surface area contributed by atoms with E-state index in [4.69, 9.17) is 24.3 Å². The lowest BCUT2D eigenvalue weighted by atomic mass is 9.98.